The zero-order valence-electron chi connectivity index (χ0n) is 13.6. The summed E-state index contributed by atoms with van der Waals surface area (Å²) in [5, 5.41) is 2.81. The second-order valence-corrected chi connectivity index (χ2v) is 7.54. The van der Waals surface area contributed by atoms with Crippen LogP contribution in [-0.2, 0) is 22.3 Å². The van der Waals surface area contributed by atoms with E-state index >= 15 is 0 Å². The standard InChI is InChI=1S/C17H19F3N2O2S/c18-17(19,20)13-3-1-12(2-4-13)11-21-15(24)16(6-9-25-10-7-16)22-8-5-14(22)23/h1-4H,5-11H2,(H,21,24). The number of thioether (sulfide) groups is 1. The van der Waals surface area contributed by atoms with E-state index in [0.29, 0.717) is 31.4 Å². The minimum absolute atomic E-state index is 0.00317. The smallest absolute Gasteiger partial charge is 0.350 e. The highest BCUT2D eigenvalue weighted by molar-refractivity contribution is 7.99. The molecule has 0 bridgehead atoms. The second kappa shape index (κ2) is 6.90. The van der Waals surface area contributed by atoms with E-state index in [0.717, 1.165) is 23.6 Å². The molecule has 1 aromatic carbocycles. The Morgan fingerprint density at radius 2 is 1.84 bits per heavy atom. The molecule has 136 valence electrons. The normalized spacial score (nSPS) is 20.1. The lowest BCUT2D eigenvalue weighted by Gasteiger charge is -2.49. The van der Waals surface area contributed by atoms with Gasteiger partial charge in [0.1, 0.15) is 5.54 Å². The molecule has 3 rings (SSSR count). The Hall–Kier alpha value is -1.70. The van der Waals surface area contributed by atoms with Gasteiger partial charge in [0.2, 0.25) is 11.8 Å². The average Bonchev–Trinajstić information content (AvgIpc) is 2.58. The lowest BCUT2D eigenvalue weighted by molar-refractivity contribution is -0.157. The average molecular weight is 372 g/mol. The lowest BCUT2D eigenvalue weighted by Crippen LogP contribution is -2.66. The molecule has 2 amide bonds. The molecular formula is C17H19F3N2O2S. The van der Waals surface area contributed by atoms with Crippen LogP contribution in [0.25, 0.3) is 0 Å². The number of benzene rings is 1. The fraction of sp³-hybridized carbons (Fsp3) is 0.529. The third-order valence-corrected chi connectivity index (χ3v) is 5.83. The van der Waals surface area contributed by atoms with Crippen molar-refractivity contribution in [2.45, 2.75) is 37.5 Å². The Balaban J connectivity index is 1.67. The highest BCUT2D eigenvalue weighted by atomic mass is 32.2. The van der Waals surface area contributed by atoms with Crippen molar-refractivity contribution in [1.29, 1.82) is 0 Å². The molecule has 0 radical (unpaired) electrons. The Bertz CT molecular complexity index is 655. The number of likely N-dealkylation sites (tertiary alicyclic amines) is 1. The minimum atomic E-state index is -4.37. The number of amides is 2. The van der Waals surface area contributed by atoms with Gasteiger partial charge in [-0.3, -0.25) is 9.59 Å². The zero-order chi connectivity index (χ0) is 18.1. The van der Waals surface area contributed by atoms with Gasteiger partial charge in [-0.05, 0) is 42.0 Å². The summed E-state index contributed by atoms with van der Waals surface area (Å²) in [6.07, 6.45) is -2.67. The summed E-state index contributed by atoms with van der Waals surface area (Å²) in [4.78, 5) is 26.3. The van der Waals surface area contributed by atoms with Gasteiger partial charge >= 0.3 is 6.18 Å². The molecule has 8 heteroatoms. The third kappa shape index (κ3) is 3.63. The van der Waals surface area contributed by atoms with Crippen molar-refractivity contribution in [2.24, 2.45) is 0 Å². The van der Waals surface area contributed by atoms with Crippen molar-refractivity contribution >= 4 is 23.6 Å². The molecule has 0 aromatic heterocycles. The van der Waals surface area contributed by atoms with Gasteiger partial charge < -0.3 is 10.2 Å². The molecule has 1 N–H and O–H groups in total. The van der Waals surface area contributed by atoms with Gasteiger partial charge in [0.25, 0.3) is 0 Å². The SMILES string of the molecule is O=C1CCN1C1(C(=O)NCc2ccc(C(F)(F)F)cc2)CCSCC1. The van der Waals surface area contributed by atoms with Gasteiger partial charge in [-0.2, -0.15) is 24.9 Å². The van der Waals surface area contributed by atoms with Crippen LogP contribution >= 0.6 is 11.8 Å². The first-order valence-corrected chi connectivity index (χ1v) is 9.31. The highest BCUT2D eigenvalue weighted by Crippen LogP contribution is 2.36. The fourth-order valence-corrected chi connectivity index (χ4v) is 4.42. The van der Waals surface area contributed by atoms with Crippen LogP contribution in [-0.4, -0.2) is 40.3 Å². The van der Waals surface area contributed by atoms with Crippen LogP contribution in [0.3, 0.4) is 0 Å². The molecule has 4 nitrogen and oxygen atoms in total. The maximum Gasteiger partial charge on any atom is 0.416 e. The molecule has 0 unspecified atom stereocenters. The van der Waals surface area contributed by atoms with E-state index < -0.39 is 17.3 Å². The summed E-state index contributed by atoms with van der Waals surface area (Å²) < 4.78 is 37.8. The Morgan fingerprint density at radius 1 is 1.20 bits per heavy atom. The zero-order valence-corrected chi connectivity index (χ0v) is 14.4. The van der Waals surface area contributed by atoms with Gasteiger partial charge in [-0.25, -0.2) is 0 Å². The first-order chi connectivity index (χ1) is 11.8. The van der Waals surface area contributed by atoms with Crippen LogP contribution in [0, 0.1) is 0 Å². The van der Waals surface area contributed by atoms with E-state index in [9.17, 15) is 22.8 Å². The number of nitrogens with one attached hydrogen (secondary N) is 1. The summed E-state index contributed by atoms with van der Waals surface area (Å²) in [5.41, 5.74) is -0.918. The number of hydrogen-bond donors (Lipinski definition) is 1. The summed E-state index contributed by atoms with van der Waals surface area (Å²) in [6.45, 7) is 0.741. The molecular weight excluding hydrogens is 353 g/mol. The number of carbonyl (C=O) groups excluding carboxylic acids is 2. The third-order valence-electron chi connectivity index (χ3n) is 4.84. The van der Waals surface area contributed by atoms with E-state index in [1.165, 1.54) is 12.1 Å². The molecule has 2 aliphatic rings. The van der Waals surface area contributed by atoms with E-state index in [1.54, 1.807) is 16.7 Å². The quantitative estimate of drug-likeness (QED) is 0.827. The highest BCUT2D eigenvalue weighted by Gasteiger charge is 2.49. The molecule has 25 heavy (non-hydrogen) atoms. The Kier molecular flexibility index (Phi) is 4.99. The number of hydrogen-bond acceptors (Lipinski definition) is 3. The van der Waals surface area contributed by atoms with E-state index in [-0.39, 0.29) is 18.4 Å². The maximum absolute atomic E-state index is 12.8. The van der Waals surface area contributed by atoms with Gasteiger partial charge in [-0.15, -0.1) is 0 Å². The van der Waals surface area contributed by atoms with Gasteiger partial charge in [0.05, 0.1) is 5.56 Å². The summed E-state index contributed by atoms with van der Waals surface area (Å²) in [7, 11) is 0. The van der Waals surface area contributed by atoms with Gasteiger partial charge in [-0.1, -0.05) is 12.1 Å². The molecule has 2 aliphatic heterocycles. The Labute approximate surface area is 148 Å². The monoisotopic (exact) mass is 372 g/mol. The molecule has 0 saturated carbocycles. The van der Waals surface area contributed by atoms with Crippen LogP contribution in [0.4, 0.5) is 13.2 Å². The van der Waals surface area contributed by atoms with E-state index in [4.69, 9.17) is 0 Å². The predicted octanol–water partition coefficient (Wildman–Crippen LogP) is 2.82. The number of rotatable bonds is 4. The molecule has 2 heterocycles. The molecule has 0 aliphatic carbocycles. The number of alkyl halides is 3. The van der Waals surface area contributed by atoms with Crippen molar-refractivity contribution in [3.63, 3.8) is 0 Å². The Morgan fingerprint density at radius 3 is 2.32 bits per heavy atom. The van der Waals surface area contributed by atoms with Crippen LogP contribution in [0.2, 0.25) is 0 Å². The number of carbonyl (C=O) groups is 2. The van der Waals surface area contributed by atoms with E-state index in [2.05, 4.69) is 5.32 Å². The van der Waals surface area contributed by atoms with Crippen LogP contribution < -0.4 is 5.32 Å². The van der Waals surface area contributed by atoms with E-state index in [1.807, 2.05) is 0 Å². The van der Waals surface area contributed by atoms with Crippen molar-refractivity contribution in [3.05, 3.63) is 35.4 Å². The molecule has 0 atom stereocenters. The fourth-order valence-electron chi connectivity index (χ4n) is 3.25. The predicted molar refractivity (Wildman–Crippen MR) is 88.9 cm³/mol. The molecule has 1 aromatic rings. The summed E-state index contributed by atoms with van der Waals surface area (Å²) >= 11 is 1.76. The minimum Gasteiger partial charge on any atom is -0.350 e. The lowest BCUT2D eigenvalue weighted by atomic mass is 9.85. The van der Waals surface area contributed by atoms with Crippen molar-refractivity contribution < 1.29 is 22.8 Å². The summed E-state index contributed by atoms with van der Waals surface area (Å²) in [6, 6.07) is 4.74. The van der Waals surface area contributed by atoms with Gasteiger partial charge in [0, 0.05) is 19.5 Å². The van der Waals surface area contributed by atoms with Crippen molar-refractivity contribution in [1.82, 2.24) is 10.2 Å². The van der Waals surface area contributed by atoms with Gasteiger partial charge in [0.15, 0.2) is 0 Å². The second-order valence-electron chi connectivity index (χ2n) is 6.32. The summed E-state index contributed by atoms with van der Waals surface area (Å²) in [5.74, 6) is 1.42. The first kappa shape index (κ1) is 18.1. The maximum atomic E-state index is 12.8. The van der Waals surface area contributed by atoms with Crippen molar-refractivity contribution in [3.8, 4) is 0 Å². The van der Waals surface area contributed by atoms with Crippen LogP contribution in [0.15, 0.2) is 24.3 Å². The van der Waals surface area contributed by atoms with Crippen LogP contribution in [0.1, 0.15) is 30.4 Å². The van der Waals surface area contributed by atoms with Crippen molar-refractivity contribution in [2.75, 3.05) is 18.1 Å². The first-order valence-electron chi connectivity index (χ1n) is 8.16. The molecule has 2 saturated heterocycles. The molecule has 0 spiro atoms. The number of halogens is 3. The topological polar surface area (TPSA) is 49.4 Å². The number of β-lactam (4-membered cyclic amide) rings is 1. The molecule has 2 fully saturated rings. The largest absolute Gasteiger partial charge is 0.416 e. The number of nitrogens with zero attached hydrogens (tertiary/aromatic N) is 1. The van der Waals surface area contributed by atoms with Crippen LogP contribution in [0.5, 0.6) is 0 Å².